The fourth-order valence-electron chi connectivity index (χ4n) is 5.74. The molecule has 4 aliphatic heterocycles. The topological polar surface area (TPSA) is 44.3 Å². The van der Waals surface area contributed by atoms with E-state index in [1.165, 1.54) is 56.6 Å². The molecule has 2 aromatic rings. The van der Waals surface area contributed by atoms with Gasteiger partial charge in [0.1, 0.15) is 5.82 Å². The summed E-state index contributed by atoms with van der Waals surface area (Å²) in [4.78, 5) is 14.8. The maximum absolute atomic E-state index is 4.90. The van der Waals surface area contributed by atoms with Crippen molar-refractivity contribution in [3.8, 4) is 11.3 Å². The molecule has 5 nitrogen and oxygen atoms in total. The Hall–Kier alpha value is -1.82. The second-order valence-electron chi connectivity index (χ2n) is 9.62. The summed E-state index contributed by atoms with van der Waals surface area (Å²) in [6.45, 7) is 8.04. The minimum absolute atomic E-state index is 0.544. The number of nitrogens with zero attached hydrogens (tertiary/aromatic N) is 4. The second-order valence-corrected chi connectivity index (χ2v) is 9.62. The van der Waals surface area contributed by atoms with Crippen LogP contribution in [0, 0.1) is 12.8 Å². The average molecular weight is 406 g/mol. The molecule has 4 atom stereocenters. The molecular formula is C25H35N5. The van der Waals surface area contributed by atoms with Gasteiger partial charge in [-0.3, -0.25) is 4.90 Å². The number of nitrogens with one attached hydrogen (secondary N) is 1. The summed E-state index contributed by atoms with van der Waals surface area (Å²) in [5.74, 6) is 2.18. The van der Waals surface area contributed by atoms with Crippen molar-refractivity contribution < 1.29 is 0 Å². The molecule has 0 amide bonds. The van der Waals surface area contributed by atoms with Crippen molar-refractivity contribution in [1.29, 1.82) is 0 Å². The van der Waals surface area contributed by atoms with Gasteiger partial charge in [0, 0.05) is 42.3 Å². The SMILES string of the molecule is Cc1nc(-c2ccccc2)cc([C@@H]2CN3CC[C@H]2C[C@@H]3CNC2CCN(C)CC2)n1. The van der Waals surface area contributed by atoms with Crippen molar-refractivity contribution >= 4 is 0 Å². The number of fused-ring (bicyclic) bond motifs is 3. The van der Waals surface area contributed by atoms with Gasteiger partial charge in [0.05, 0.1) is 5.69 Å². The highest BCUT2D eigenvalue weighted by atomic mass is 15.2. The first kappa shape index (κ1) is 20.1. The largest absolute Gasteiger partial charge is 0.312 e. The highest BCUT2D eigenvalue weighted by Gasteiger charge is 2.41. The van der Waals surface area contributed by atoms with Gasteiger partial charge >= 0.3 is 0 Å². The average Bonchev–Trinajstić information content (AvgIpc) is 2.79. The quantitative estimate of drug-likeness (QED) is 0.827. The van der Waals surface area contributed by atoms with Crippen LogP contribution >= 0.6 is 0 Å². The second kappa shape index (κ2) is 8.74. The molecule has 5 heterocycles. The van der Waals surface area contributed by atoms with Gasteiger partial charge in [0.25, 0.3) is 0 Å². The molecule has 6 rings (SSSR count). The van der Waals surface area contributed by atoms with Gasteiger partial charge in [-0.1, -0.05) is 30.3 Å². The molecule has 1 unspecified atom stereocenters. The maximum Gasteiger partial charge on any atom is 0.126 e. The Morgan fingerprint density at radius 2 is 1.83 bits per heavy atom. The predicted octanol–water partition coefficient (Wildman–Crippen LogP) is 3.31. The van der Waals surface area contributed by atoms with E-state index in [0.29, 0.717) is 18.0 Å². The first-order valence-corrected chi connectivity index (χ1v) is 11.7. The van der Waals surface area contributed by atoms with E-state index in [4.69, 9.17) is 9.97 Å². The molecule has 0 aliphatic carbocycles. The van der Waals surface area contributed by atoms with Crippen LogP contribution in [-0.4, -0.2) is 71.6 Å². The lowest BCUT2D eigenvalue weighted by Gasteiger charge is -2.50. The number of aromatic nitrogens is 2. The van der Waals surface area contributed by atoms with Crippen LogP contribution in [0.1, 0.15) is 43.1 Å². The predicted molar refractivity (Wildman–Crippen MR) is 122 cm³/mol. The number of hydrogen-bond acceptors (Lipinski definition) is 5. The molecule has 160 valence electrons. The number of likely N-dealkylation sites (tertiary alicyclic amines) is 1. The van der Waals surface area contributed by atoms with Gasteiger partial charge < -0.3 is 10.2 Å². The Morgan fingerprint density at radius 1 is 1.03 bits per heavy atom. The van der Waals surface area contributed by atoms with Gasteiger partial charge in [0.2, 0.25) is 0 Å². The maximum atomic E-state index is 4.90. The van der Waals surface area contributed by atoms with Crippen molar-refractivity contribution in [1.82, 2.24) is 25.1 Å². The van der Waals surface area contributed by atoms with Gasteiger partial charge in [-0.2, -0.15) is 0 Å². The highest BCUT2D eigenvalue weighted by Crippen LogP contribution is 2.41. The van der Waals surface area contributed by atoms with E-state index in [0.717, 1.165) is 30.5 Å². The summed E-state index contributed by atoms with van der Waals surface area (Å²) in [6.07, 6.45) is 5.18. The molecule has 1 aromatic carbocycles. The van der Waals surface area contributed by atoms with Crippen LogP contribution in [0.15, 0.2) is 36.4 Å². The van der Waals surface area contributed by atoms with E-state index in [2.05, 4.69) is 58.6 Å². The summed E-state index contributed by atoms with van der Waals surface area (Å²) >= 11 is 0. The van der Waals surface area contributed by atoms with Gasteiger partial charge in [-0.25, -0.2) is 9.97 Å². The van der Waals surface area contributed by atoms with Crippen LogP contribution in [0.2, 0.25) is 0 Å². The molecule has 4 saturated heterocycles. The van der Waals surface area contributed by atoms with E-state index in [-0.39, 0.29) is 0 Å². The van der Waals surface area contributed by atoms with Crippen LogP contribution in [0.5, 0.6) is 0 Å². The number of hydrogen-bond donors (Lipinski definition) is 1. The van der Waals surface area contributed by atoms with Gasteiger partial charge in [0.15, 0.2) is 0 Å². The summed E-state index contributed by atoms with van der Waals surface area (Å²) in [5, 5.41) is 3.90. The summed E-state index contributed by atoms with van der Waals surface area (Å²) in [6, 6.07) is 14.2. The molecule has 30 heavy (non-hydrogen) atoms. The van der Waals surface area contributed by atoms with E-state index < -0.39 is 0 Å². The molecule has 0 radical (unpaired) electrons. The molecule has 1 aromatic heterocycles. The van der Waals surface area contributed by atoms with Crippen LogP contribution in [0.25, 0.3) is 11.3 Å². The lowest BCUT2D eigenvalue weighted by Crippen LogP contribution is -2.57. The zero-order valence-electron chi connectivity index (χ0n) is 18.4. The number of aryl methyl sites for hydroxylation is 1. The number of benzene rings is 1. The molecule has 0 spiro atoms. The third-order valence-corrected chi connectivity index (χ3v) is 7.55. The lowest BCUT2D eigenvalue weighted by atomic mass is 9.74. The zero-order chi connectivity index (χ0) is 20.5. The first-order valence-electron chi connectivity index (χ1n) is 11.7. The van der Waals surface area contributed by atoms with Crippen molar-refractivity contribution in [2.75, 3.05) is 39.8 Å². The standard InChI is InChI=1S/C25H35N5/c1-18-27-24(19-6-4-3-5-7-19)15-25(28-18)23-17-30-13-8-20(23)14-22(30)16-26-21-9-11-29(2)12-10-21/h3-7,15,20-23,26H,8-14,16-17H2,1-2H3/t20-,22+,23+/m0/s1. The van der Waals surface area contributed by atoms with Crippen molar-refractivity contribution in [3.63, 3.8) is 0 Å². The molecule has 4 fully saturated rings. The van der Waals surface area contributed by atoms with Crippen molar-refractivity contribution in [2.45, 2.75) is 50.6 Å². The first-order chi connectivity index (χ1) is 14.7. The summed E-state index contributed by atoms with van der Waals surface area (Å²) in [7, 11) is 2.24. The van der Waals surface area contributed by atoms with Crippen LogP contribution < -0.4 is 5.32 Å². The Bertz CT molecular complexity index is 846. The minimum atomic E-state index is 0.544. The smallest absolute Gasteiger partial charge is 0.126 e. The number of rotatable bonds is 5. The molecular weight excluding hydrogens is 370 g/mol. The Morgan fingerprint density at radius 3 is 2.57 bits per heavy atom. The Kier molecular flexibility index (Phi) is 5.85. The lowest BCUT2D eigenvalue weighted by molar-refractivity contribution is 0.0271. The summed E-state index contributed by atoms with van der Waals surface area (Å²) < 4.78 is 0. The van der Waals surface area contributed by atoms with E-state index >= 15 is 0 Å². The Labute approximate surface area is 180 Å². The Balaban J connectivity index is 1.26. The van der Waals surface area contributed by atoms with Gasteiger partial charge in [-0.15, -0.1) is 0 Å². The minimum Gasteiger partial charge on any atom is -0.312 e. The zero-order valence-corrected chi connectivity index (χ0v) is 18.4. The fourth-order valence-corrected chi connectivity index (χ4v) is 5.74. The molecule has 4 aliphatic rings. The fraction of sp³-hybridized carbons (Fsp3) is 0.600. The van der Waals surface area contributed by atoms with E-state index in [1.54, 1.807) is 0 Å². The van der Waals surface area contributed by atoms with E-state index in [9.17, 15) is 0 Å². The summed E-state index contributed by atoms with van der Waals surface area (Å²) in [5.41, 5.74) is 3.50. The van der Waals surface area contributed by atoms with Crippen LogP contribution in [-0.2, 0) is 0 Å². The number of piperidine rings is 4. The third-order valence-electron chi connectivity index (χ3n) is 7.55. The van der Waals surface area contributed by atoms with Crippen molar-refractivity contribution in [3.05, 3.63) is 47.9 Å². The molecule has 1 N–H and O–H groups in total. The molecule has 2 bridgehead atoms. The van der Waals surface area contributed by atoms with Crippen LogP contribution in [0.4, 0.5) is 0 Å². The van der Waals surface area contributed by atoms with Crippen LogP contribution in [0.3, 0.4) is 0 Å². The third kappa shape index (κ3) is 4.29. The normalized spacial score (nSPS) is 29.9. The molecule has 5 heteroatoms. The molecule has 0 saturated carbocycles. The highest BCUT2D eigenvalue weighted by molar-refractivity contribution is 5.59. The van der Waals surface area contributed by atoms with E-state index in [1.807, 2.05) is 6.92 Å². The van der Waals surface area contributed by atoms with Gasteiger partial charge in [-0.05, 0) is 71.3 Å². The monoisotopic (exact) mass is 405 g/mol. The van der Waals surface area contributed by atoms with Crippen molar-refractivity contribution in [2.24, 2.45) is 5.92 Å².